The highest BCUT2D eigenvalue weighted by molar-refractivity contribution is 7.93. The number of piperidine rings is 1. The number of sulfonamides is 1. The summed E-state index contributed by atoms with van der Waals surface area (Å²) < 4.78 is 38.9. The molecule has 0 spiro atoms. The molecule has 210 valence electrons. The van der Waals surface area contributed by atoms with Crippen molar-refractivity contribution >= 4 is 39.5 Å². The number of rotatable bonds is 12. The largest absolute Gasteiger partial charge is 0.489 e. The molecule has 1 heterocycles. The summed E-state index contributed by atoms with van der Waals surface area (Å²) in [6.07, 6.45) is 4.69. The van der Waals surface area contributed by atoms with Crippen LogP contribution in [-0.2, 0) is 19.6 Å². The smallest absolute Gasteiger partial charge is 0.323 e. The van der Waals surface area contributed by atoms with E-state index in [9.17, 15) is 18.0 Å². The van der Waals surface area contributed by atoms with Gasteiger partial charge in [-0.3, -0.25) is 19.3 Å². The van der Waals surface area contributed by atoms with Gasteiger partial charge in [-0.1, -0.05) is 30.4 Å². The summed E-state index contributed by atoms with van der Waals surface area (Å²) in [6.45, 7) is 4.74. The normalized spacial score (nSPS) is 14.2. The third kappa shape index (κ3) is 8.04. The van der Waals surface area contributed by atoms with Crippen LogP contribution in [-0.4, -0.2) is 64.2 Å². The van der Waals surface area contributed by atoms with Crippen molar-refractivity contribution in [1.29, 1.82) is 5.41 Å². The standard InChI is InChI=1S/C27H35N5O6S/c1-3-37-25(33)17-39(35,36)32(13-5-7-19-6-4-8-20(15-19)26(28)29)23-16-22(27(30)34)24(14-18(23)2)38-21-9-11-31-12-10-21/h4-8,14-16,21,31H,3,9-13,17H2,1-2H3,(H3,28,29)(H2,30,34). The molecular weight excluding hydrogens is 522 g/mol. The van der Waals surface area contributed by atoms with Crippen molar-refractivity contribution in [2.45, 2.75) is 32.8 Å². The first-order chi connectivity index (χ1) is 18.5. The van der Waals surface area contributed by atoms with Crippen molar-refractivity contribution in [2.24, 2.45) is 11.5 Å². The summed E-state index contributed by atoms with van der Waals surface area (Å²) in [5.41, 5.74) is 13.2. The third-order valence-electron chi connectivity index (χ3n) is 6.13. The third-order valence-corrected chi connectivity index (χ3v) is 7.75. The van der Waals surface area contributed by atoms with E-state index in [0.717, 1.165) is 30.2 Å². The highest BCUT2D eigenvalue weighted by Gasteiger charge is 2.29. The molecule has 1 saturated heterocycles. The maximum atomic E-state index is 13.4. The first-order valence-corrected chi connectivity index (χ1v) is 14.2. The Bertz CT molecular complexity index is 1350. The van der Waals surface area contributed by atoms with Crippen molar-refractivity contribution in [2.75, 3.05) is 36.3 Å². The topological polar surface area (TPSA) is 178 Å². The van der Waals surface area contributed by atoms with Crippen LogP contribution >= 0.6 is 0 Å². The number of hydrogen-bond donors (Lipinski definition) is 4. The van der Waals surface area contributed by atoms with Crippen LogP contribution < -0.4 is 25.8 Å². The van der Waals surface area contributed by atoms with E-state index in [-0.39, 0.29) is 42.1 Å². The lowest BCUT2D eigenvalue weighted by Gasteiger charge is -2.28. The van der Waals surface area contributed by atoms with Crippen molar-refractivity contribution in [3.63, 3.8) is 0 Å². The van der Waals surface area contributed by atoms with Crippen LogP contribution in [0.3, 0.4) is 0 Å². The molecule has 12 heteroatoms. The molecule has 2 aromatic rings. The average Bonchev–Trinajstić information content (AvgIpc) is 2.87. The number of amidine groups is 1. The molecule has 0 radical (unpaired) electrons. The molecular formula is C27H35N5O6S. The van der Waals surface area contributed by atoms with Gasteiger partial charge in [-0.05, 0) is 69.1 Å². The van der Waals surface area contributed by atoms with Crippen LogP contribution in [0, 0.1) is 12.3 Å². The molecule has 6 N–H and O–H groups in total. The summed E-state index contributed by atoms with van der Waals surface area (Å²) in [5, 5.41) is 10.9. The summed E-state index contributed by atoms with van der Waals surface area (Å²) in [5.74, 6) is -2.34. The lowest BCUT2D eigenvalue weighted by molar-refractivity contribution is -0.139. The van der Waals surface area contributed by atoms with E-state index in [1.54, 1.807) is 56.3 Å². The Morgan fingerprint density at radius 3 is 2.54 bits per heavy atom. The summed E-state index contributed by atoms with van der Waals surface area (Å²) in [7, 11) is -4.23. The number of nitrogen functional groups attached to an aromatic ring is 1. The number of hydrogen-bond acceptors (Lipinski definition) is 8. The molecule has 0 bridgehead atoms. The molecule has 1 amide bonds. The van der Waals surface area contributed by atoms with Gasteiger partial charge in [-0.2, -0.15) is 0 Å². The van der Waals surface area contributed by atoms with Gasteiger partial charge in [0.15, 0.2) is 5.75 Å². The number of amides is 1. The Kier molecular flexibility index (Phi) is 10.1. The van der Waals surface area contributed by atoms with Gasteiger partial charge in [0.1, 0.15) is 17.7 Å². The van der Waals surface area contributed by atoms with Gasteiger partial charge >= 0.3 is 5.97 Å². The molecule has 0 aromatic heterocycles. The Hall–Kier alpha value is -3.90. The number of primary amides is 1. The van der Waals surface area contributed by atoms with E-state index >= 15 is 0 Å². The molecule has 1 aliphatic heterocycles. The van der Waals surface area contributed by atoms with E-state index in [1.807, 2.05) is 0 Å². The first-order valence-electron chi connectivity index (χ1n) is 12.6. The maximum absolute atomic E-state index is 13.4. The summed E-state index contributed by atoms with van der Waals surface area (Å²) in [4.78, 5) is 24.5. The second kappa shape index (κ2) is 13.3. The lowest BCUT2D eigenvalue weighted by atomic mass is 10.1. The number of carbonyl (C=O) groups is 2. The number of nitrogens with two attached hydrogens (primary N) is 2. The number of benzene rings is 2. The quantitative estimate of drug-likeness (QED) is 0.174. The number of ether oxygens (including phenoxy) is 2. The van der Waals surface area contributed by atoms with Gasteiger partial charge in [-0.25, -0.2) is 8.42 Å². The first kappa shape index (κ1) is 29.7. The van der Waals surface area contributed by atoms with Crippen LogP contribution in [0.25, 0.3) is 6.08 Å². The predicted molar refractivity (Wildman–Crippen MR) is 150 cm³/mol. The molecule has 2 aromatic carbocycles. The van der Waals surface area contributed by atoms with Crippen LogP contribution in [0.2, 0.25) is 0 Å². The average molecular weight is 558 g/mol. The van der Waals surface area contributed by atoms with E-state index in [2.05, 4.69) is 5.32 Å². The van der Waals surface area contributed by atoms with E-state index in [0.29, 0.717) is 16.7 Å². The van der Waals surface area contributed by atoms with Gasteiger partial charge in [0, 0.05) is 5.56 Å². The highest BCUT2D eigenvalue weighted by atomic mass is 32.2. The number of carbonyl (C=O) groups excluding carboxylic acids is 2. The minimum atomic E-state index is -4.23. The molecule has 0 atom stereocenters. The zero-order valence-electron chi connectivity index (χ0n) is 22.1. The fraction of sp³-hybridized carbons (Fsp3) is 0.370. The van der Waals surface area contributed by atoms with Crippen LogP contribution in [0.4, 0.5) is 5.69 Å². The highest BCUT2D eigenvalue weighted by Crippen LogP contribution is 2.32. The number of anilines is 1. The molecule has 0 saturated carbocycles. The van der Waals surface area contributed by atoms with Crippen molar-refractivity contribution in [1.82, 2.24) is 5.32 Å². The molecule has 11 nitrogen and oxygen atoms in total. The zero-order chi connectivity index (χ0) is 28.6. The summed E-state index contributed by atoms with van der Waals surface area (Å²) in [6, 6.07) is 9.89. The lowest BCUT2D eigenvalue weighted by Crippen LogP contribution is -2.37. The zero-order valence-corrected chi connectivity index (χ0v) is 22.9. The van der Waals surface area contributed by atoms with E-state index < -0.39 is 27.7 Å². The van der Waals surface area contributed by atoms with Gasteiger partial charge in [0.2, 0.25) is 10.0 Å². The van der Waals surface area contributed by atoms with Gasteiger partial charge in [0.05, 0.1) is 24.4 Å². The minimum Gasteiger partial charge on any atom is -0.489 e. The molecule has 0 aliphatic carbocycles. The van der Waals surface area contributed by atoms with E-state index in [1.165, 1.54) is 6.07 Å². The van der Waals surface area contributed by atoms with Gasteiger partial charge in [0.25, 0.3) is 5.91 Å². The molecule has 1 fully saturated rings. The second-order valence-corrected chi connectivity index (χ2v) is 11.0. The number of nitrogens with one attached hydrogen (secondary N) is 2. The fourth-order valence-electron chi connectivity index (χ4n) is 4.21. The second-order valence-electron chi connectivity index (χ2n) is 9.10. The predicted octanol–water partition coefficient (Wildman–Crippen LogP) is 1.92. The molecule has 39 heavy (non-hydrogen) atoms. The Labute approximate surface area is 228 Å². The van der Waals surface area contributed by atoms with Crippen LogP contribution in [0.5, 0.6) is 5.75 Å². The minimum absolute atomic E-state index is 0.0360. The Balaban J connectivity index is 2.00. The van der Waals surface area contributed by atoms with Gasteiger partial charge in [-0.15, -0.1) is 0 Å². The van der Waals surface area contributed by atoms with Crippen LogP contribution in [0.15, 0.2) is 42.5 Å². The van der Waals surface area contributed by atoms with Crippen molar-refractivity contribution in [3.8, 4) is 5.75 Å². The van der Waals surface area contributed by atoms with Crippen LogP contribution in [0.1, 0.15) is 46.8 Å². The number of esters is 1. The van der Waals surface area contributed by atoms with Crippen molar-refractivity contribution in [3.05, 3.63) is 64.7 Å². The van der Waals surface area contributed by atoms with Crippen molar-refractivity contribution < 1.29 is 27.5 Å². The number of aryl methyl sites for hydroxylation is 1. The summed E-state index contributed by atoms with van der Waals surface area (Å²) >= 11 is 0. The monoisotopic (exact) mass is 557 g/mol. The maximum Gasteiger partial charge on any atom is 0.323 e. The van der Waals surface area contributed by atoms with Gasteiger partial charge < -0.3 is 26.3 Å². The SMILES string of the molecule is CCOC(=O)CS(=O)(=O)N(CC=Cc1cccc(C(=N)N)c1)c1cc(C(N)=O)c(OC2CCNCC2)cc1C. The molecule has 0 unspecified atom stereocenters. The van der Waals surface area contributed by atoms with E-state index in [4.69, 9.17) is 26.4 Å². The molecule has 1 aliphatic rings. The Morgan fingerprint density at radius 1 is 1.18 bits per heavy atom. The Morgan fingerprint density at radius 2 is 1.90 bits per heavy atom. The molecule has 3 rings (SSSR count). The fourth-order valence-corrected chi connectivity index (χ4v) is 5.55. The number of nitrogens with zero attached hydrogens (tertiary/aromatic N) is 1.